The van der Waals surface area contributed by atoms with Gasteiger partial charge in [-0.05, 0) is 64.0 Å². The summed E-state index contributed by atoms with van der Waals surface area (Å²) >= 11 is 0. The second-order valence-corrected chi connectivity index (χ2v) is 9.09. The second-order valence-electron chi connectivity index (χ2n) is 6.61. The van der Waals surface area contributed by atoms with Crippen LogP contribution >= 0.6 is 7.60 Å². The van der Waals surface area contributed by atoms with Crippen molar-refractivity contribution in [2.75, 3.05) is 27.3 Å². The highest BCUT2D eigenvalue weighted by molar-refractivity contribution is 7.54. The Labute approximate surface area is 155 Å². The lowest BCUT2D eigenvalue weighted by molar-refractivity contribution is 0.244. The molecule has 0 fully saturated rings. The summed E-state index contributed by atoms with van der Waals surface area (Å²) in [5.74, 6) is 0.290. The summed E-state index contributed by atoms with van der Waals surface area (Å²) < 4.78 is 23.5. The Morgan fingerprint density at radius 3 is 1.96 bits per heavy atom. The Morgan fingerprint density at radius 1 is 0.880 bits per heavy atom. The first-order valence-electron chi connectivity index (χ1n) is 9.85. The van der Waals surface area contributed by atoms with Gasteiger partial charge in [-0.15, -0.1) is 0 Å². The van der Waals surface area contributed by atoms with Crippen LogP contribution in [0.2, 0.25) is 0 Å². The third-order valence-electron chi connectivity index (χ3n) is 4.88. The van der Waals surface area contributed by atoms with Crippen molar-refractivity contribution >= 4 is 7.60 Å². The number of hydrogen-bond donors (Lipinski definition) is 2. The Bertz CT molecular complexity index is 370. The van der Waals surface area contributed by atoms with Crippen LogP contribution in [0, 0.1) is 5.92 Å². The van der Waals surface area contributed by atoms with E-state index in [-0.39, 0.29) is 11.6 Å². The summed E-state index contributed by atoms with van der Waals surface area (Å²) in [6.07, 6.45) is 15.1. The van der Waals surface area contributed by atoms with Crippen LogP contribution < -0.4 is 11.5 Å². The molecule has 0 aromatic carbocycles. The lowest BCUT2D eigenvalue weighted by atomic mass is 9.94. The van der Waals surface area contributed by atoms with Crippen molar-refractivity contribution in [1.82, 2.24) is 0 Å². The fourth-order valence-corrected chi connectivity index (χ4v) is 5.38. The van der Waals surface area contributed by atoms with Crippen molar-refractivity contribution in [3.63, 3.8) is 0 Å². The van der Waals surface area contributed by atoms with Gasteiger partial charge in [0.2, 0.25) is 0 Å². The van der Waals surface area contributed by atoms with E-state index in [0.29, 0.717) is 6.54 Å². The molecule has 0 saturated heterocycles. The minimum absolute atomic E-state index is 0.0529. The molecule has 150 valence electrons. The Kier molecular flexibility index (Phi) is 15.9. The molecule has 0 saturated carbocycles. The van der Waals surface area contributed by atoms with Gasteiger partial charge in [-0.2, -0.15) is 0 Å². The second kappa shape index (κ2) is 16.0. The highest BCUT2D eigenvalue weighted by Crippen LogP contribution is 2.57. The summed E-state index contributed by atoms with van der Waals surface area (Å²) in [5, 5.41) is 0. The largest absolute Gasteiger partial charge is 0.333 e. The first-order chi connectivity index (χ1) is 12.1. The minimum Gasteiger partial charge on any atom is -0.330 e. The van der Waals surface area contributed by atoms with Crippen molar-refractivity contribution in [3.05, 3.63) is 12.2 Å². The van der Waals surface area contributed by atoms with Gasteiger partial charge in [-0.25, -0.2) is 0 Å². The number of allylic oxidation sites excluding steroid dienone is 2. The molecule has 0 aliphatic rings. The third-order valence-corrected chi connectivity index (χ3v) is 7.39. The normalized spacial score (nSPS) is 14.9. The van der Waals surface area contributed by atoms with Gasteiger partial charge >= 0.3 is 7.60 Å². The number of rotatable bonds is 17. The van der Waals surface area contributed by atoms with Crippen LogP contribution in [0.5, 0.6) is 0 Å². The summed E-state index contributed by atoms with van der Waals surface area (Å²) in [4.78, 5) is 0. The molecule has 0 amide bonds. The average molecular weight is 377 g/mol. The Balaban J connectivity index is 4.29. The predicted octanol–water partition coefficient (Wildman–Crippen LogP) is 4.85. The maximum Gasteiger partial charge on any atom is 0.333 e. The lowest BCUT2D eigenvalue weighted by Gasteiger charge is -2.30. The summed E-state index contributed by atoms with van der Waals surface area (Å²) in [5.41, 5.74) is 11.2. The van der Waals surface area contributed by atoms with Gasteiger partial charge in [0.25, 0.3) is 0 Å². The van der Waals surface area contributed by atoms with Crippen molar-refractivity contribution < 1.29 is 13.6 Å². The lowest BCUT2D eigenvalue weighted by Crippen LogP contribution is -2.24. The number of unbranched alkanes of at least 4 members (excludes halogenated alkanes) is 5. The van der Waals surface area contributed by atoms with Crippen LogP contribution in [-0.2, 0) is 13.6 Å². The van der Waals surface area contributed by atoms with Crippen molar-refractivity contribution in [3.8, 4) is 0 Å². The minimum atomic E-state index is -3.05. The first kappa shape index (κ1) is 24.8. The molecule has 0 aliphatic heterocycles. The topological polar surface area (TPSA) is 87.6 Å². The van der Waals surface area contributed by atoms with E-state index in [9.17, 15) is 4.57 Å². The average Bonchev–Trinajstić information content (AvgIpc) is 2.64. The van der Waals surface area contributed by atoms with Gasteiger partial charge in [0, 0.05) is 14.2 Å². The van der Waals surface area contributed by atoms with Crippen molar-refractivity contribution in [2.24, 2.45) is 17.4 Å². The number of hydrogen-bond acceptors (Lipinski definition) is 5. The van der Waals surface area contributed by atoms with Crippen molar-refractivity contribution in [2.45, 2.75) is 76.8 Å². The molecule has 2 unspecified atom stereocenters. The van der Waals surface area contributed by atoms with Crippen LogP contribution in [0.15, 0.2) is 12.2 Å². The van der Waals surface area contributed by atoms with Gasteiger partial charge in [-0.3, -0.25) is 4.57 Å². The molecule has 0 heterocycles. The fraction of sp³-hybridized carbons (Fsp3) is 0.895. The van der Waals surface area contributed by atoms with Crippen LogP contribution in [-0.4, -0.2) is 33.0 Å². The van der Waals surface area contributed by atoms with Crippen LogP contribution in [0.1, 0.15) is 71.1 Å². The molecule has 0 aromatic heterocycles. The van der Waals surface area contributed by atoms with E-state index in [0.717, 1.165) is 64.3 Å². The van der Waals surface area contributed by atoms with E-state index < -0.39 is 7.60 Å². The first-order valence-corrected chi connectivity index (χ1v) is 11.5. The summed E-state index contributed by atoms with van der Waals surface area (Å²) in [7, 11) is -0.0745. The monoisotopic (exact) mass is 376 g/mol. The van der Waals surface area contributed by atoms with Gasteiger partial charge < -0.3 is 20.5 Å². The molecule has 6 heteroatoms. The molecule has 2 atom stereocenters. The molecule has 5 nitrogen and oxygen atoms in total. The molecular weight excluding hydrogens is 335 g/mol. The SMILES string of the molecule is CCC(CCN)C(CCCCC/C=C\CCCCN)P(=O)(OC)OC. The van der Waals surface area contributed by atoms with Crippen LogP contribution in [0.25, 0.3) is 0 Å². The quantitative estimate of drug-likeness (QED) is 0.215. The Hall–Kier alpha value is -0.190. The van der Waals surface area contributed by atoms with E-state index in [1.165, 1.54) is 20.6 Å². The summed E-state index contributed by atoms with van der Waals surface area (Å²) in [6.45, 7) is 3.51. The van der Waals surface area contributed by atoms with E-state index in [2.05, 4.69) is 19.1 Å². The van der Waals surface area contributed by atoms with Crippen molar-refractivity contribution in [1.29, 1.82) is 0 Å². The molecule has 0 spiro atoms. The molecule has 0 radical (unpaired) electrons. The van der Waals surface area contributed by atoms with Gasteiger partial charge in [0.15, 0.2) is 0 Å². The van der Waals surface area contributed by atoms with E-state index >= 15 is 0 Å². The predicted molar refractivity (Wildman–Crippen MR) is 108 cm³/mol. The van der Waals surface area contributed by atoms with E-state index in [1.807, 2.05) is 0 Å². The highest BCUT2D eigenvalue weighted by Gasteiger charge is 2.38. The molecule has 4 N–H and O–H groups in total. The third kappa shape index (κ3) is 10.5. The molecule has 25 heavy (non-hydrogen) atoms. The van der Waals surface area contributed by atoms with E-state index in [4.69, 9.17) is 20.5 Å². The summed E-state index contributed by atoms with van der Waals surface area (Å²) in [6, 6.07) is 0. The molecule has 0 rings (SSSR count). The van der Waals surface area contributed by atoms with Crippen LogP contribution in [0.4, 0.5) is 0 Å². The van der Waals surface area contributed by atoms with Crippen LogP contribution in [0.3, 0.4) is 0 Å². The zero-order valence-electron chi connectivity index (χ0n) is 16.6. The standard InChI is InChI=1S/C19H41N2O3P/c1-4-18(15-17-21)19(25(22,23-2)24-3)14-12-10-8-6-5-7-9-11-13-16-20/h5,7,18-19H,4,6,8-17,20-21H2,1-3H3/b7-5-. The number of nitrogens with two attached hydrogens (primary N) is 2. The van der Waals surface area contributed by atoms with Gasteiger partial charge in [0.1, 0.15) is 0 Å². The molecule has 0 aromatic rings. The molecule has 0 aliphatic carbocycles. The van der Waals surface area contributed by atoms with Gasteiger partial charge in [0.05, 0.1) is 5.66 Å². The maximum atomic E-state index is 12.9. The smallest absolute Gasteiger partial charge is 0.330 e. The highest BCUT2D eigenvalue weighted by atomic mass is 31.2. The molecular formula is C19H41N2O3P. The fourth-order valence-electron chi connectivity index (χ4n) is 3.31. The zero-order chi connectivity index (χ0) is 19.0. The maximum absolute atomic E-state index is 12.9. The van der Waals surface area contributed by atoms with E-state index in [1.54, 1.807) is 0 Å². The molecule has 0 bridgehead atoms. The Morgan fingerprint density at radius 2 is 1.48 bits per heavy atom. The zero-order valence-corrected chi connectivity index (χ0v) is 17.5. The van der Waals surface area contributed by atoms with Gasteiger partial charge in [-0.1, -0.05) is 38.3 Å².